The minimum absolute atomic E-state index is 0.219. The summed E-state index contributed by atoms with van der Waals surface area (Å²) in [5.74, 6) is 0.558. The van der Waals surface area contributed by atoms with Crippen molar-refractivity contribution in [2.24, 2.45) is 4.99 Å². The van der Waals surface area contributed by atoms with Crippen LogP contribution in [0.5, 0.6) is 0 Å². The molecule has 0 amide bonds. The highest BCUT2D eigenvalue weighted by atomic mass is 19.1. The molecular formula is C17H29FN4. The van der Waals surface area contributed by atoms with Gasteiger partial charge in [-0.3, -0.25) is 0 Å². The summed E-state index contributed by atoms with van der Waals surface area (Å²) in [7, 11) is 0. The third-order valence-corrected chi connectivity index (χ3v) is 3.36. The first-order valence-electron chi connectivity index (χ1n) is 8.18. The van der Waals surface area contributed by atoms with Gasteiger partial charge in [0, 0.05) is 19.6 Å². The third-order valence-electron chi connectivity index (χ3n) is 3.36. The molecule has 0 bridgehead atoms. The lowest BCUT2D eigenvalue weighted by Gasteiger charge is -2.20. The number of nitrogens with one attached hydrogen (secondary N) is 2. The van der Waals surface area contributed by atoms with E-state index < -0.39 is 0 Å². The molecule has 0 unspecified atom stereocenters. The largest absolute Gasteiger partial charge is 0.357 e. The van der Waals surface area contributed by atoms with E-state index in [0.717, 1.165) is 44.2 Å². The molecule has 0 heterocycles. The van der Waals surface area contributed by atoms with Gasteiger partial charge in [0.15, 0.2) is 5.96 Å². The molecule has 2 N–H and O–H groups in total. The van der Waals surface area contributed by atoms with Crippen molar-refractivity contribution in [1.29, 1.82) is 0 Å². The number of halogens is 1. The predicted octanol–water partition coefficient (Wildman–Crippen LogP) is 2.61. The van der Waals surface area contributed by atoms with Gasteiger partial charge in [-0.15, -0.1) is 0 Å². The molecule has 0 saturated heterocycles. The Balaban J connectivity index is 2.48. The van der Waals surface area contributed by atoms with Crippen molar-refractivity contribution in [3.63, 3.8) is 0 Å². The zero-order valence-corrected chi connectivity index (χ0v) is 14.0. The second kappa shape index (κ2) is 11.0. The molecule has 0 fully saturated rings. The summed E-state index contributed by atoms with van der Waals surface area (Å²) in [6.07, 6.45) is 1.17. The maximum absolute atomic E-state index is 13.2. The van der Waals surface area contributed by atoms with Crippen LogP contribution in [-0.2, 0) is 6.54 Å². The van der Waals surface area contributed by atoms with Crippen LogP contribution >= 0.6 is 0 Å². The van der Waals surface area contributed by atoms with Crippen LogP contribution in [-0.4, -0.2) is 43.6 Å². The Hall–Kier alpha value is -1.62. The Labute approximate surface area is 133 Å². The number of nitrogens with zero attached hydrogens (tertiary/aromatic N) is 2. The predicted molar refractivity (Wildman–Crippen MR) is 91.6 cm³/mol. The maximum atomic E-state index is 13.2. The zero-order valence-electron chi connectivity index (χ0n) is 14.0. The molecule has 4 nitrogen and oxygen atoms in total. The SMILES string of the molecule is CCCN(CC)CCNC(=NCc1cccc(F)c1)NCC. The van der Waals surface area contributed by atoms with E-state index in [2.05, 4.69) is 34.4 Å². The van der Waals surface area contributed by atoms with E-state index in [4.69, 9.17) is 0 Å². The van der Waals surface area contributed by atoms with Gasteiger partial charge >= 0.3 is 0 Å². The monoisotopic (exact) mass is 308 g/mol. The van der Waals surface area contributed by atoms with E-state index in [9.17, 15) is 4.39 Å². The van der Waals surface area contributed by atoms with E-state index in [1.54, 1.807) is 6.07 Å². The van der Waals surface area contributed by atoms with Crippen LogP contribution in [0.4, 0.5) is 4.39 Å². The van der Waals surface area contributed by atoms with Crippen LogP contribution in [0.2, 0.25) is 0 Å². The summed E-state index contributed by atoms with van der Waals surface area (Å²) in [4.78, 5) is 6.91. The number of guanidine groups is 1. The van der Waals surface area contributed by atoms with Gasteiger partial charge in [0.1, 0.15) is 5.82 Å². The molecule has 0 aliphatic heterocycles. The number of aliphatic imine (C=N–C) groups is 1. The van der Waals surface area contributed by atoms with Crippen molar-refractivity contribution in [1.82, 2.24) is 15.5 Å². The molecule has 124 valence electrons. The molecule has 0 radical (unpaired) electrons. The van der Waals surface area contributed by atoms with Crippen LogP contribution in [0, 0.1) is 5.82 Å². The number of benzene rings is 1. The smallest absolute Gasteiger partial charge is 0.191 e. The lowest BCUT2D eigenvalue weighted by molar-refractivity contribution is 0.293. The van der Waals surface area contributed by atoms with E-state index in [0.29, 0.717) is 6.54 Å². The molecule has 0 aliphatic carbocycles. The average molecular weight is 308 g/mol. The topological polar surface area (TPSA) is 39.7 Å². The zero-order chi connectivity index (χ0) is 16.2. The first-order chi connectivity index (χ1) is 10.7. The minimum atomic E-state index is -0.219. The van der Waals surface area contributed by atoms with E-state index in [-0.39, 0.29) is 5.82 Å². The second-order valence-electron chi connectivity index (χ2n) is 5.19. The van der Waals surface area contributed by atoms with E-state index in [1.165, 1.54) is 18.6 Å². The average Bonchev–Trinajstić information content (AvgIpc) is 2.51. The van der Waals surface area contributed by atoms with Crippen molar-refractivity contribution in [3.8, 4) is 0 Å². The highest BCUT2D eigenvalue weighted by Crippen LogP contribution is 2.04. The normalized spacial score (nSPS) is 11.8. The Bertz CT molecular complexity index is 448. The van der Waals surface area contributed by atoms with Gasteiger partial charge < -0.3 is 15.5 Å². The lowest BCUT2D eigenvalue weighted by Crippen LogP contribution is -2.41. The van der Waals surface area contributed by atoms with Crippen LogP contribution in [0.15, 0.2) is 29.3 Å². The molecular weight excluding hydrogens is 279 g/mol. The highest BCUT2D eigenvalue weighted by Gasteiger charge is 2.02. The van der Waals surface area contributed by atoms with Crippen molar-refractivity contribution in [3.05, 3.63) is 35.6 Å². The van der Waals surface area contributed by atoms with Crippen LogP contribution in [0.3, 0.4) is 0 Å². The van der Waals surface area contributed by atoms with Crippen LogP contribution < -0.4 is 10.6 Å². The Kier molecular flexibility index (Phi) is 9.23. The van der Waals surface area contributed by atoms with Crippen LogP contribution in [0.25, 0.3) is 0 Å². The summed E-state index contributed by atoms with van der Waals surface area (Å²) in [6, 6.07) is 6.57. The van der Waals surface area contributed by atoms with E-state index in [1.807, 2.05) is 13.0 Å². The van der Waals surface area contributed by atoms with Gasteiger partial charge in [-0.25, -0.2) is 9.38 Å². The summed E-state index contributed by atoms with van der Waals surface area (Å²) in [5, 5.41) is 6.55. The first-order valence-corrected chi connectivity index (χ1v) is 8.18. The van der Waals surface area contributed by atoms with Gasteiger partial charge in [-0.2, -0.15) is 0 Å². The summed E-state index contributed by atoms with van der Waals surface area (Å²) in [6.45, 7) is 11.7. The van der Waals surface area contributed by atoms with Crippen LogP contribution in [0.1, 0.15) is 32.8 Å². The fraction of sp³-hybridized carbons (Fsp3) is 0.588. The minimum Gasteiger partial charge on any atom is -0.357 e. The second-order valence-corrected chi connectivity index (χ2v) is 5.19. The van der Waals surface area contributed by atoms with Gasteiger partial charge in [0.25, 0.3) is 0 Å². The molecule has 1 aromatic carbocycles. The fourth-order valence-corrected chi connectivity index (χ4v) is 2.22. The Morgan fingerprint density at radius 3 is 2.64 bits per heavy atom. The number of hydrogen-bond acceptors (Lipinski definition) is 2. The number of likely N-dealkylation sites (N-methyl/N-ethyl adjacent to an activating group) is 1. The molecule has 1 rings (SSSR count). The molecule has 22 heavy (non-hydrogen) atoms. The van der Waals surface area contributed by atoms with Crippen molar-refractivity contribution < 1.29 is 4.39 Å². The molecule has 0 saturated carbocycles. The molecule has 1 aromatic rings. The molecule has 5 heteroatoms. The maximum Gasteiger partial charge on any atom is 0.191 e. The molecule has 0 atom stereocenters. The lowest BCUT2D eigenvalue weighted by atomic mass is 10.2. The van der Waals surface area contributed by atoms with E-state index >= 15 is 0 Å². The third kappa shape index (κ3) is 7.41. The summed E-state index contributed by atoms with van der Waals surface area (Å²) >= 11 is 0. The van der Waals surface area contributed by atoms with Gasteiger partial charge in [-0.1, -0.05) is 26.0 Å². The standard InChI is InChI=1S/C17H29FN4/c1-4-11-22(6-3)12-10-20-17(19-5-2)21-14-15-8-7-9-16(18)13-15/h7-9,13H,4-6,10-12,14H2,1-3H3,(H2,19,20,21). The van der Waals surface area contributed by atoms with Gasteiger partial charge in [0.05, 0.1) is 6.54 Å². The molecule has 0 aromatic heterocycles. The van der Waals surface area contributed by atoms with Crippen molar-refractivity contribution in [2.75, 3.05) is 32.7 Å². The molecule has 0 spiro atoms. The summed E-state index contributed by atoms with van der Waals surface area (Å²) in [5.41, 5.74) is 0.873. The summed E-state index contributed by atoms with van der Waals surface area (Å²) < 4.78 is 13.2. The molecule has 0 aliphatic rings. The Morgan fingerprint density at radius 1 is 1.18 bits per heavy atom. The van der Waals surface area contributed by atoms with Crippen molar-refractivity contribution in [2.45, 2.75) is 33.7 Å². The quantitative estimate of drug-likeness (QED) is 0.544. The van der Waals surface area contributed by atoms with Gasteiger partial charge in [-0.05, 0) is 44.1 Å². The number of hydrogen-bond donors (Lipinski definition) is 2. The first kappa shape index (κ1) is 18.4. The van der Waals surface area contributed by atoms with Crippen molar-refractivity contribution >= 4 is 5.96 Å². The van der Waals surface area contributed by atoms with Gasteiger partial charge in [0.2, 0.25) is 0 Å². The fourth-order valence-electron chi connectivity index (χ4n) is 2.22. The Morgan fingerprint density at radius 2 is 2.00 bits per heavy atom. The highest BCUT2D eigenvalue weighted by molar-refractivity contribution is 5.79. The number of rotatable bonds is 9.